The molecule has 3 heteroatoms. The molecule has 0 fully saturated rings. The predicted octanol–water partition coefficient (Wildman–Crippen LogP) is 6.48. The van der Waals surface area contributed by atoms with Crippen LogP contribution in [0.5, 0.6) is 0 Å². The minimum absolute atomic E-state index is 0.667. The Morgan fingerprint density at radius 1 is 0.692 bits per heavy atom. The zero-order chi connectivity index (χ0) is 18.1. The van der Waals surface area contributed by atoms with Gasteiger partial charge in [0.25, 0.3) is 0 Å². The van der Waals surface area contributed by atoms with E-state index in [0.29, 0.717) is 5.02 Å². The minimum atomic E-state index is 0.667. The molecule has 0 saturated heterocycles. The quantitative estimate of drug-likeness (QED) is 0.410. The first-order valence-electron chi connectivity index (χ1n) is 8.61. The van der Waals surface area contributed by atoms with Crippen LogP contribution in [0.4, 0.5) is 0 Å². The van der Waals surface area contributed by atoms with Crippen molar-refractivity contribution in [3.8, 4) is 28.2 Å². The van der Waals surface area contributed by atoms with Gasteiger partial charge in [-0.15, -0.1) is 0 Å². The third kappa shape index (κ3) is 3.04. The molecule has 4 rings (SSSR count). The maximum atomic E-state index is 6.84. The lowest BCUT2D eigenvalue weighted by Gasteiger charge is -2.08. The highest BCUT2D eigenvalue weighted by Gasteiger charge is 2.20. The number of aromatic nitrogens is 2. The molecule has 128 valence electrons. The summed E-state index contributed by atoms with van der Waals surface area (Å²) in [5.41, 5.74) is 7.19. The van der Waals surface area contributed by atoms with Gasteiger partial charge in [0.2, 0.25) is 0 Å². The topological polar surface area (TPSA) is 17.8 Å². The maximum absolute atomic E-state index is 6.84. The molecule has 0 aliphatic carbocycles. The summed E-state index contributed by atoms with van der Waals surface area (Å²) >= 11 is 6.84. The molecule has 0 unspecified atom stereocenters. The molecule has 1 heterocycles. The molecule has 0 spiro atoms. The van der Waals surface area contributed by atoms with Crippen molar-refractivity contribution in [1.82, 2.24) is 9.78 Å². The average Bonchev–Trinajstić information content (AvgIpc) is 3.01. The highest BCUT2D eigenvalue weighted by molar-refractivity contribution is 6.35. The lowest BCUT2D eigenvalue weighted by atomic mass is 10.1. The van der Waals surface area contributed by atoms with Crippen molar-refractivity contribution >= 4 is 11.6 Å². The van der Waals surface area contributed by atoms with Crippen molar-refractivity contribution in [2.24, 2.45) is 0 Å². The summed E-state index contributed by atoms with van der Waals surface area (Å²) in [6.07, 6.45) is 0. The van der Waals surface area contributed by atoms with Crippen molar-refractivity contribution in [3.05, 3.63) is 95.0 Å². The van der Waals surface area contributed by atoms with E-state index in [0.717, 1.165) is 28.2 Å². The van der Waals surface area contributed by atoms with E-state index >= 15 is 0 Å². The number of benzene rings is 3. The summed E-state index contributed by atoms with van der Waals surface area (Å²) < 4.78 is 1.94. The molecule has 0 aliphatic heterocycles. The zero-order valence-electron chi connectivity index (χ0n) is 14.8. The van der Waals surface area contributed by atoms with Crippen LogP contribution < -0.4 is 0 Å². The third-order valence-corrected chi connectivity index (χ3v) is 4.84. The van der Waals surface area contributed by atoms with Crippen molar-refractivity contribution in [3.63, 3.8) is 0 Å². The Morgan fingerprint density at radius 2 is 1.27 bits per heavy atom. The normalized spacial score (nSPS) is 10.9. The van der Waals surface area contributed by atoms with Gasteiger partial charge in [-0.05, 0) is 26.0 Å². The first-order valence-corrected chi connectivity index (χ1v) is 8.99. The molecule has 0 atom stereocenters. The SMILES string of the molecule is Cc1ccc(-c2nn(-c3ccc(C)cc3)c(-c3ccccc3)c2Cl)cc1. The van der Waals surface area contributed by atoms with Gasteiger partial charge in [-0.1, -0.05) is 89.5 Å². The van der Waals surface area contributed by atoms with E-state index in [1.54, 1.807) is 0 Å². The Hall–Kier alpha value is -2.84. The summed E-state index contributed by atoms with van der Waals surface area (Å²) in [6.45, 7) is 4.15. The van der Waals surface area contributed by atoms with E-state index in [1.165, 1.54) is 11.1 Å². The number of halogens is 1. The highest BCUT2D eigenvalue weighted by atomic mass is 35.5. The lowest BCUT2D eigenvalue weighted by molar-refractivity contribution is 0.891. The Kier molecular flexibility index (Phi) is 4.36. The monoisotopic (exact) mass is 358 g/mol. The molecule has 26 heavy (non-hydrogen) atoms. The molecule has 0 bridgehead atoms. The Bertz CT molecular complexity index is 1030. The molecule has 2 nitrogen and oxygen atoms in total. The summed E-state index contributed by atoms with van der Waals surface area (Å²) in [4.78, 5) is 0. The van der Waals surface area contributed by atoms with Gasteiger partial charge < -0.3 is 0 Å². The third-order valence-electron chi connectivity index (χ3n) is 4.48. The number of hydrogen-bond donors (Lipinski definition) is 0. The van der Waals surface area contributed by atoms with Gasteiger partial charge in [-0.3, -0.25) is 0 Å². The van der Waals surface area contributed by atoms with E-state index < -0.39 is 0 Å². The largest absolute Gasteiger partial charge is 0.231 e. The molecule has 4 aromatic rings. The van der Waals surface area contributed by atoms with Gasteiger partial charge in [0.05, 0.1) is 16.4 Å². The van der Waals surface area contributed by atoms with Crippen molar-refractivity contribution in [2.75, 3.05) is 0 Å². The van der Waals surface area contributed by atoms with Crippen molar-refractivity contribution in [1.29, 1.82) is 0 Å². The van der Waals surface area contributed by atoms with Gasteiger partial charge in [-0.2, -0.15) is 5.10 Å². The average molecular weight is 359 g/mol. The summed E-state index contributed by atoms with van der Waals surface area (Å²) in [7, 11) is 0. The molecule has 0 radical (unpaired) electrons. The number of aryl methyl sites for hydroxylation is 2. The second kappa shape index (κ2) is 6.81. The van der Waals surface area contributed by atoms with E-state index in [2.05, 4.69) is 74.5 Å². The molecular weight excluding hydrogens is 340 g/mol. The molecule has 3 aromatic carbocycles. The van der Waals surface area contributed by atoms with Crippen LogP contribution in [0.1, 0.15) is 11.1 Å². The molecular formula is C23H19ClN2. The summed E-state index contributed by atoms with van der Waals surface area (Å²) in [6, 6.07) is 26.8. The fourth-order valence-electron chi connectivity index (χ4n) is 3.01. The van der Waals surface area contributed by atoms with Crippen LogP contribution in [0.2, 0.25) is 5.02 Å². The first kappa shape index (κ1) is 16.6. The Balaban J connectivity index is 1.96. The van der Waals surface area contributed by atoms with Crippen LogP contribution in [0.25, 0.3) is 28.2 Å². The molecule has 0 N–H and O–H groups in total. The van der Waals surface area contributed by atoms with Crippen LogP contribution in [0.3, 0.4) is 0 Å². The highest BCUT2D eigenvalue weighted by Crippen LogP contribution is 2.37. The fraction of sp³-hybridized carbons (Fsp3) is 0.0870. The summed E-state index contributed by atoms with van der Waals surface area (Å²) in [5, 5.41) is 5.54. The first-order chi connectivity index (χ1) is 12.6. The Morgan fingerprint density at radius 3 is 1.88 bits per heavy atom. The van der Waals surface area contributed by atoms with E-state index in [-0.39, 0.29) is 0 Å². The van der Waals surface area contributed by atoms with Crippen molar-refractivity contribution in [2.45, 2.75) is 13.8 Å². The van der Waals surface area contributed by atoms with E-state index in [9.17, 15) is 0 Å². The molecule has 1 aromatic heterocycles. The van der Waals surface area contributed by atoms with E-state index in [4.69, 9.17) is 16.7 Å². The van der Waals surface area contributed by atoms with Crippen LogP contribution in [-0.2, 0) is 0 Å². The molecule has 0 saturated carbocycles. The predicted molar refractivity (Wildman–Crippen MR) is 109 cm³/mol. The van der Waals surface area contributed by atoms with Gasteiger partial charge in [0.1, 0.15) is 5.69 Å². The van der Waals surface area contributed by atoms with Gasteiger partial charge >= 0.3 is 0 Å². The smallest absolute Gasteiger partial charge is 0.112 e. The summed E-state index contributed by atoms with van der Waals surface area (Å²) in [5.74, 6) is 0. The second-order valence-electron chi connectivity index (χ2n) is 6.49. The van der Waals surface area contributed by atoms with E-state index in [1.807, 2.05) is 22.9 Å². The fourth-order valence-corrected chi connectivity index (χ4v) is 3.35. The number of rotatable bonds is 3. The maximum Gasteiger partial charge on any atom is 0.112 e. The molecule has 0 amide bonds. The van der Waals surface area contributed by atoms with Crippen LogP contribution in [0, 0.1) is 13.8 Å². The van der Waals surface area contributed by atoms with Crippen LogP contribution >= 0.6 is 11.6 Å². The van der Waals surface area contributed by atoms with Gasteiger partial charge in [0, 0.05) is 11.1 Å². The minimum Gasteiger partial charge on any atom is -0.231 e. The molecule has 0 aliphatic rings. The second-order valence-corrected chi connectivity index (χ2v) is 6.87. The van der Waals surface area contributed by atoms with Gasteiger partial charge in [-0.25, -0.2) is 4.68 Å². The van der Waals surface area contributed by atoms with Crippen LogP contribution in [0.15, 0.2) is 78.9 Å². The lowest BCUT2D eigenvalue weighted by Crippen LogP contribution is -1.99. The zero-order valence-corrected chi connectivity index (χ0v) is 15.5. The number of hydrogen-bond acceptors (Lipinski definition) is 1. The standard InChI is InChI=1S/C23H19ClN2/c1-16-8-12-18(13-9-16)22-21(24)23(19-6-4-3-5-7-19)26(25-22)20-14-10-17(2)11-15-20/h3-15H,1-2H3. The van der Waals surface area contributed by atoms with Gasteiger partial charge in [0.15, 0.2) is 0 Å². The number of nitrogens with zero attached hydrogens (tertiary/aromatic N) is 2. The Labute approximate surface area is 158 Å². The van der Waals surface area contributed by atoms with Crippen LogP contribution in [-0.4, -0.2) is 9.78 Å². The van der Waals surface area contributed by atoms with Crippen molar-refractivity contribution < 1.29 is 0 Å².